The van der Waals surface area contributed by atoms with Crippen LogP contribution in [-0.4, -0.2) is 14.8 Å². The van der Waals surface area contributed by atoms with Crippen molar-refractivity contribution < 1.29 is 4.74 Å². The van der Waals surface area contributed by atoms with Crippen LogP contribution in [0.3, 0.4) is 0 Å². The molecular formula is C19H17Cl2N3OS. The van der Waals surface area contributed by atoms with E-state index in [1.54, 1.807) is 17.8 Å². The average Bonchev–Trinajstić information content (AvgIpc) is 3.03. The number of rotatable bonds is 8. The number of thioether (sulfide) groups is 1. The van der Waals surface area contributed by atoms with Gasteiger partial charge < -0.3 is 4.74 Å². The summed E-state index contributed by atoms with van der Waals surface area (Å²) in [5.74, 6) is 2.12. The van der Waals surface area contributed by atoms with Gasteiger partial charge in [-0.1, -0.05) is 65.3 Å². The first-order valence-electron chi connectivity index (χ1n) is 7.95. The van der Waals surface area contributed by atoms with Crippen LogP contribution in [0.25, 0.3) is 0 Å². The number of para-hydroxylation sites is 1. The Hall–Kier alpha value is -1.95. The summed E-state index contributed by atoms with van der Waals surface area (Å²) in [5.41, 5.74) is 1.17. The summed E-state index contributed by atoms with van der Waals surface area (Å²) in [5, 5.41) is 10.7. The van der Waals surface area contributed by atoms with Gasteiger partial charge in [0.2, 0.25) is 0 Å². The van der Waals surface area contributed by atoms with Crippen molar-refractivity contribution in [3.63, 3.8) is 0 Å². The first-order chi connectivity index (χ1) is 12.7. The van der Waals surface area contributed by atoms with E-state index in [0.717, 1.165) is 21.8 Å². The maximum absolute atomic E-state index is 6.13. The van der Waals surface area contributed by atoms with E-state index < -0.39 is 0 Å². The minimum Gasteiger partial charge on any atom is -0.484 e. The number of ether oxygens (including phenoxy) is 1. The first kappa shape index (κ1) is 18.8. The molecule has 0 N–H and O–H groups in total. The van der Waals surface area contributed by atoms with Crippen LogP contribution in [0.5, 0.6) is 5.75 Å². The SMILES string of the molecule is C=CCn1c(COc2ccccc2Cl)nnc1SCc1ccc(Cl)cc1. The zero-order valence-electron chi connectivity index (χ0n) is 13.9. The Balaban J connectivity index is 1.70. The van der Waals surface area contributed by atoms with Gasteiger partial charge in [0.05, 0.1) is 5.02 Å². The lowest BCUT2D eigenvalue weighted by Gasteiger charge is -2.10. The average molecular weight is 406 g/mol. The highest BCUT2D eigenvalue weighted by Gasteiger charge is 2.13. The molecule has 0 bridgehead atoms. The summed E-state index contributed by atoms with van der Waals surface area (Å²) >= 11 is 13.7. The second-order valence-electron chi connectivity index (χ2n) is 5.43. The zero-order chi connectivity index (χ0) is 18.4. The molecule has 4 nitrogen and oxygen atoms in total. The van der Waals surface area contributed by atoms with Crippen LogP contribution in [-0.2, 0) is 18.9 Å². The number of nitrogens with zero attached hydrogens (tertiary/aromatic N) is 3. The van der Waals surface area contributed by atoms with Gasteiger partial charge in [-0.05, 0) is 29.8 Å². The highest BCUT2D eigenvalue weighted by Crippen LogP contribution is 2.26. The first-order valence-corrected chi connectivity index (χ1v) is 9.69. The van der Waals surface area contributed by atoms with Crippen LogP contribution in [0, 0.1) is 0 Å². The molecule has 0 saturated heterocycles. The molecule has 3 aromatic rings. The Morgan fingerprint density at radius 1 is 1.08 bits per heavy atom. The summed E-state index contributed by atoms with van der Waals surface area (Å²) in [4.78, 5) is 0. The molecule has 26 heavy (non-hydrogen) atoms. The fraction of sp³-hybridized carbons (Fsp3) is 0.158. The van der Waals surface area contributed by atoms with Gasteiger partial charge in [0.15, 0.2) is 11.0 Å². The Kier molecular flexibility index (Phi) is 6.61. The van der Waals surface area contributed by atoms with Gasteiger partial charge in [0.25, 0.3) is 0 Å². The molecule has 0 amide bonds. The van der Waals surface area contributed by atoms with Crippen molar-refractivity contribution in [3.05, 3.63) is 82.6 Å². The lowest BCUT2D eigenvalue weighted by atomic mass is 10.2. The molecule has 0 radical (unpaired) electrons. The van der Waals surface area contributed by atoms with Crippen LogP contribution in [0.4, 0.5) is 0 Å². The van der Waals surface area contributed by atoms with Gasteiger partial charge in [0, 0.05) is 17.3 Å². The molecule has 0 spiro atoms. The summed E-state index contributed by atoms with van der Waals surface area (Å²) in [6.07, 6.45) is 1.81. The molecule has 0 aliphatic heterocycles. The van der Waals surface area contributed by atoms with Crippen LogP contribution >= 0.6 is 35.0 Å². The number of benzene rings is 2. The predicted octanol–water partition coefficient (Wildman–Crippen LogP) is 5.64. The maximum atomic E-state index is 6.13. The fourth-order valence-electron chi connectivity index (χ4n) is 2.28. The van der Waals surface area contributed by atoms with Crippen molar-refractivity contribution in [2.45, 2.75) is 24.1 Å². The van der Waals surface area contributed by atoms with Crippen LogP contribution in [0.1, 0.15) is 11.4 Å². The minimum absolute atomic E-state index is 0.284. The minimum atomic E-state index is 0.284. The fourth-order valence-corrected chi connectivity index (χ4v) is 3.52. The third-order valence-corrected chi connectivity index (χ3v) is 5.18. The summed E-state index contributed by atoms with van der Waals surface area (Å²) < 4.78 is 7.78. The number of aromatic nitrogens is 3. The molecule has 7 heteroatoms. The van der Waals surface area contributed by atoms with Crippen LogP contribution in [0.2, 0.25) is 10.0 Å². The monoisotopic (exact) mass is 405 g/mol. The Morgan fingerprint density at radius 3 is 2.58 bits per heavy atom. The molecule has 0 unspecified atom stereocenters. The topological polar surface area (TPSA) is 39.9 Å². The third kappa shape index (κ3) is 4.81. The van der Waals surface area contributed by atoms with E-state index >= 15 is 0 Å². The normalized spacial score (nSPS) is 10.7. The number of halogens is 2. The van der Waals surface area contributed by atoms with Gasteiger partial charge in [-0.25, -0.2) is 0 Å². The molecular weight excluding hydrogens is 389 g/mol. The van der Waals surface area contributed by atoms with Gasteiger partial charge in [-0.15, -0.1) is 16.8 Å². The predicted molar refractivity (Wildman–Crippen MR) is 107 cm³/mol. The molecule has 0 aliphatic rings. The zero-order valence-corrected chi connectivity index (χ0v) is 16.3. The smallest absolute Gasteiger partial charge is 0.191 e. The molecule has 2 aromatic carbocycles. The van der Waals surface area contributed by atoms with Gasteiger partial charge in [0.1, 0.15) is 12.4 Å². The van der Waals surface area contributed by atoms with E-state index in [9.17, 15) is 0 Å². The Labute approximate surface area is 166 Å². The molecule has 0 atom stereocenters. The maximum Gasteiger partial charge on any atom is 0.191 e. The Morgan fingerprint density at radius 2 is 1.85 bits per heavy atom. The van der Waals surface area contributed by atoms with Crippen molar-refractivity contribution in [1.29, 1.82) is 0 Å². The molecule has 3 rings (SSSR count). The van der Waals surface area contributed by atoms with E-state index in [1.165, 1.54) is 5.56 Å². The van der Waals surface area contributed by atoms with Gasteiger partial charge in [-0.3, -0.25) is 4.57 Å². The quantitative estimate of drug-likeness (QED) is 0.358. The van der Waals surface area contributed by atoms with Crippen LogP contribution < -0.4 is 4.74 Å². The largest absolute Gasteiger partial charge is 0.484 e. The van der Waals surface area contributed by atoms with Crippen molar-refractivity contribution in [2.75, 3.05) is 0 Å². The van der Waals surface area contributed by atoms with E-state index in [-0.39, 0.29) is 6.61 Å². The van der Waals surface area contributed by atoms with E-state index in [0.29, 0.717) is 17.3 Å². The van der Waals surface area contributed by atoms with Crippen molar-refractivity contribution >= 4 is 35.0 Å². The molecule has 1 heterocycles. The van der Waals surface area contributed by atoms with Gasteiger partial charge in [-0.2, -0.15) is 0 Å². The highest BCUT2D eigenvalue weighted by atomic mass is 35.5. The summed E-state index contributed by atoms with van der Waals surface area (Å²) in [6, 6.07) is 15.1. The number of allylic oxidation sites excluding steroid dienone is 1. The molecule has 134 valence electrons. The number of hydrogen-bond donors (Lipinski definition) is 0. The van der Waals surface area contributed by atoms with E-state index in [2.05, 4.69) is 16.8 Å². The summed E-state index contributed by atoms with van der Waals surface area (Å²) in [6.45, 7) is 4.71. The van der Waals surface area contributed by atoms with E-state index in [1.807, 2.05) is 53.1 Å². The highest BCUT2D eigenvalue weighted by molar-refractivity contribution is 7.98. The molecule has 0 aliphatic carbocycles. The second-order valence-corrected chi connectivity index (χ2v) is 7.22. The Bertz CT molecular complexity index is 881. The summed E-state index contributed by atoms with van der Waals surface area (Å²) in [7, 11) is 0. The van der Waals surface area contributed by atoms with E-state index in [4.69, 9.17) is 27.9 Å². The van der Waals surface area contributed by atoms with Crippen LogP contribution in [0.15, 0.2) is 66.3 Å². The molecule has 0 saturated carbocycles. The standard InChI is InChI=1S/C19H17Cl2N3OS/c1-2-11-24-18(12-25-17-6-4-3-5-16(17)21)22-23-19(24)26-13-14-7-9-15(20)10-8-14/h2-10H,1,11-13H2. The molecule has 1 aromatic heterocycles. The van der Waals surface area contributed by atoms with Crippen molar-refractivity contribution in [1.82, 2.24) is 14.8 Å². The van der Waals surface area contributed by atoms with Crippen molar-refractivity contribution in [3.8, 4) is 5.75 Å². The van der Waals surface area contributed by atoms with Crippen molar-refractivity contribution in [2.24, 2.45) is 0 Å². The lowest BCUT2D eigenvalue weighted by molar-refractivity contribution is 0.289. The van der Waals surface area contributed by atoms with Gasteiger partial charge >= 0.3 is 0 Å². The molecule has 0 fully saturated rings. The second kappa shape index (κ2) is 9.12. The lowest BCUT2D eigenvalue weighted by Crippen LogP contribution is -2.07. The third-order valence-electron chi connectivity index (χ3n) is 3.58. The number of hydrogen-bond acceptors (Lipinski definition) is 4.